The summed E-state index contributed by atoms with van der Waals surface area (Å²) in [4.78, 5) is 29.5. The topological polar surface area (TPSA) is 62.3 Å². The summed E-state index contributed by atoms with van der Waals surface area (Å²) in [6.45, 7) is 2.09. The second-order valence-corrected chi connectivity index (χ2v) is 6.01. The van der Waals surface area contributed by atoms with Gasteiger partial charge in [0.05, 0.1) is 10.6 Å². The summed E-state index contributed by atoms with van der Waals surface area (Å²) < 4.78 is 0. The van der Waals surface area contributed by atoms with E-state index < -0.39 is 0 Å². The number of hydrogen-bond acceptors (Lipinski definition) is 3. The van der Waals surface area contributed by atoms with Gasteiger partial charge in [-0.1, -0.05) is 11.6 Å². The Morgan fingerprint density at radius 2 is 2.15 bits per heavy atom. The molecule has 0 radical (unpaired) electrons. The van der Waals surface area contributed by atoms with Gasteiger partial charge in [-0.25, -0.2) is 0 Å². The Kier molecular flexibility index (Phi) is 3.38. The van der Waals surface area contributed by atoms with Crippen molar-refractivity contribution < 1.29 is 9.59 Å². The van der Waals surface area contributed by atoms with Crippen LogP contribution in [-0.4, -0.2) is 41.3 Å². The Labute approximate surface area is 122 Å². The van der Waals surface area contributed by atoms with Crippen LogP contribution in [0.4, 0.5) is 0 Å². The largest absolute Gasteiger partial charge is 0.356 e. The lowest BCUT2D eigenvalue weighted by Gasteiger charge is -2.38. The Morgan fingerprint density at radius 1 is 1.40 bits per heavy atom. The van der Waals surface area contributed by atoms with Gasteiger partial charge in [0, 0.05) is 38.4 Å². The molecule has 2 saturated heterocycles. The van der Waals surface area contributed by atoms with Crippen LogP contribution in [0.5, 0.6) is 0 Å². The summed E-state index contributed by atoms with van der Waals surface area (Å²) >= 11 is 6.01. The van der Waals surface area contributed by atoms with Gasteiger partial charge in [-0.2, -0.15) is 0 Å². The fourth-order valence-corrected chi connectivity index (χ4v) is 3.21. The monoisotopic (exact) mass is 293 g/mol. The minimum Gasteiger partial charge on any atom is -0.356 e. The number of piperidine rings is 1. The lowest BCUT2D eigenvalue weighted by Crippen LogP contribution is -2.44. The SMILES string of the molecule is O=C1CC2(CCN(C(=O)c3ccncc3Cl)CC2)CN1. The number of pyridine rings is 1. The van der Waals surface area contributed by atoms with E-state index in [1.165, 1.54) is 6.20 Å². The highest BCUT2D eigenvalue weighted by atomic mass is 35.5. The van der Waals surface area contributed by atoms with Gasteiger partial charge in [0.25, 0.3) is 5.91 Å². The quantitative estimate of drug-likeness (QED) is 0.853. The minimum atomic E-state index is -0.0514. The van der Waals surface area contributed by atoms with Crippen molar-refractivity contribution in [1.29, 1.82) is 0 Å². The van der Waals surface area contributed by atoms with Gasteiger partial charge in [0.2, 0.25) is 5.91 Å². The fourth-order valence-electron chi connectivity index (χ4n) is 3.01. The molecule has 3 heterocycles. The standard InChI is InChI=1S/C14H16ClN3O2/c15-11-8-16-4-1-10(11)13(20)18-5-2-14(3-6-18)7-12(19)17-9-14/h1,4,8H,2-3,5-7,9H2,(H,17,19). The highest BCUT2D eigenvalue weighted by Gasteiger charge is 2.41. The van der Waals surface area contributed by atoms with Gasteiger partial charge in [-0.3, -0.25) is 14.6 Å². The summed E-state index contributed by atoms with van der Waals surface area (Å²) in [6.07, 6.45) is 5.37. The number of halogens is 1. The molecular formula is C14H16ClN3O2. The molecule has 2 aliphatic heterocycles. The van der Waals surface area contributed by atoms with E-state index in [0.29, 0.717) is 30.1 Å². The molecule has 3 rings (SSSR count). The average molecular weight is 294 g/mol. The number of likely N-dealkylation sites (tertiary alicyclic amines) is 1. The van der Waals surface area contributed by atoms with Crippen molar-refractivity contribution in [3.63, 3.8) is 0 Å². The summed E-state index contributed by atoms with van der Waals surface area (Å²) in [5.74, 6) is 0.0755. The first-order valence-electron chi connectivity index (χ1n) is 6.75. The molecule has 2 fully saturated rings. The highest BCUT2D eigenvalue weighted by molar-refractivity contribution is 6.33. The van der Waals surface area contributed by atoms with E-state index in [1.807, 2.05) is 4.90 Å². The highest BCUT2D eigenvalue weighted by Crippen LogP contribution is 2.37. The lowest BCUT2D eigenvalue weighted by molar-refractivity contribution is -0.119. The maximum atomic E-state index is 12.4. The molecule has 1 spiro atoms. The third-order valence-electron chi connectivity index (χ3n) is 4.31. The summed E-state index contributed by atoms with van der Waals surface area (Å²) in [7, 11) is 0. The molecule has 0 saturated carbocycles. The fraction of sp³-hybridized carbons (Fsp3) is 0.500. The number of aromatic nitrogens is 1. The first-order chi connectivity index (χ1) is 9.60. The zero-order valence-electron chi connectivity index (χ0n) is 11.1. The zero-order valence-corrected chi connectivity index (χ0v) is 11.8. The third kappa shape index (κ3) is 2.38. The van der Waals surface area contributed by atoms with Gasteiger partial charge in [0.15, 0.2) is 0 Å². The number of carbonyl (C=O) groups is 2. The van der Waals surface area contributed by atoms with Crippen LogP contribution in [0.1, 0.15) is 29.6 Å². The van der Waals surface area contributed by atoms with Crippen LogP contribution in [0.15, 0.2) is 18.5 Å². The van der Waals surface area contributed by atoms with E-state index in [2.05, 4.69) is 10.3 Å². The Morgan fingerprint density at radius 3 is 2.75 bits per heavy atom. The Balaban J connectivity index is 1.68. The summed E-state index contributed by atoms with van der Waals surface area (Å²) in [5.41, 5.74) is 0.550. The summed E-state index contributed by atoms with van der Waals surface area (Å²) in [6, 6.07) is 1.65. The second-order valence-electron chi connectivity index (χ2n) is 5.60. The van der Waals surface area contributed by atoms with Crippen molar-refractivity contribution in [2.45, 2.75) is 19.3 Å². The minimum absolute atomic E-state index is 0.0514. The van der Waals surface area contributed by atoms with Crippen molar-refractivity contribution in [2.75, 3.05) is 19.6 Å². The van der Waals surface area contributed by atoms with E-state index in [0.717, 1.165) is 19.4 Å². The molecule has 20 heavy (non-hydrogen) atoms. The molecule has 0 unspecified atom stereocenters. The molecule has 5 nitrogen and oxygen atoms in total. The maximum absolute atomic E-state index is 12.4. The molecule has 2 amide bonds. The van der Waals surface area contributed by atoms with Crippen LogP contribution in [-0.2, 0) is 4.79 Å². The van der Waals surface area contributed by atoms with Crippen molar-refractivity contribution >= 4 is 23.4 Å². The third-order valence-corrected chi connectivity index (χ3v) is 4.61. The van der Waals surface area contributed by atoms with E-state index in [4.69, 9.17) is 11.6 Å². The Hall–Kier alpha value is -1.62. The van der Waals surface area contributed by atoms with Crippen LogP contribution in [0, 0.1) is 5.41 Å². The number of rotatable bonds is 1. The molecule has 106 valence electrons. The number of carbonyl (C=O) groups excluding carboxylic acids is 2. The van der Waals surface area contributed by atoms with Gasteiger partial charge in [-0.05, 0) is 24.3 Å². The number of nitrogens with zero attached hydrogens (tertiary/aromatic N) is 2. The molecule has 1 N–H and O–H groups in total. The van der Waals surface area contributed by atoms with Crippen LogP contribution in [0.25, 0.3) is 0 Å². The lowest BCUT2D eigenvalue weighted by atomic mass is 9.77. The van der Waals surface area contributed by atoms with Gasteiger partial charge >= 0.3 is 0 Å². The average Bonchev–Trinajstić information content (AvgIpc) is 2.81. The molecule has 6 heteroatoms. The van der Waals surface area contributed by atoms with Crippen molar-refractivity contribution in [1.82, 2.24) is 15.2 Å². The molecule has 0 atom stereocenters. The molecule has 0 bridgehead atoms. The van der Waals surface area contributed by atoms with E-state index in [9.17, 15) is 9.59 Å². The predicted octanol–water partition coefficient (Wildman–Crippen LogP) is 1.48. The van der Waals surface area contributed by atoms with E-state index in [1.54, 1.807) is 12.3 Å². The first kappa shape index (κ1) is 13.4. The Bertz CT molecular complexity index is 553. The molecule has 2 aliphatic rings. The van der Waals surface area contributed by atoms with Gasteiger partial charge in [0.1, 0.15) is 0 Å². The van der Waals surface area contributed by atoms with Crippen LogP contribution in [0.2, 0.25) is 5.02 Å². The smallest absolute Gasteiger partial charge is 0.255 e. The molecule has 0 aromatic carbocycles. The molecular weight excluding hydrogens is 278 g/mol. The van der Waals surface area contributed by atoms with Crippen molar-refractivity contribution in [3.05, 3.63) is 29.0 Å². The van der Waals surface area contributed by atoms with Crippen molar-refractivity contribution in [3.8, 4) is 0 Å². The number of amides is 2. The van der Waals surface area contributed by atoms with Gasteiger partial charge in [-0.15, -0.1) is 0 Å². The van der Waals surface area contributed by atoms with E-state index in [-0.39, 0.29) is 17.2 Å². The number of hydrogen-bond donors (Lipinski definition) is 1. The predicted molar refractivity (Wildman–Crippen MR) is 74.4 cm³/mol. The van der Waals surface area contributed by atoms with Crippen LogP contribution >= 0.6 is 11.6 Å². The molecule has 0 aliphatic carbocycles. The van der Waals surface area contributed by atoms with Crippen molar-refractivity contribution in [2.24, 2.45) is 5.41 Å². The van der Waals surface area contributed by atoms with Gasteiger partial charge < -0.3 is 10.2 Å². The summed E-state index contributed by atoms with van der Waals surface area (Å²) in [5, 5.41) is 3.28. The van der Waals surface area contributed by atoms with E-state index >= 15 is 0 Å². The molecule has 1 aromatic rings. The normalized spacial score (nSPS) is 21.1. The molecule has 1 aromatic heterocycles. The zero-order chi connectivity index (χ0) is 14.2. The number of nitrogens with one attached hydrogen (secondary N) is 1. The second kappa shape index (κ2) is 5.05. The maximum Gasteiger partial charge on any atom is 0.255 e. The van der Waals surface area contributed by atoms with Crippen LogP contribution < -0.4 is 5.32 Å². The first-order valence-corrected chi connectivity index (χ1v) is 7.13. The van der Waals surface area contributed by atoms with Crippen LogP contribution in [0.3, 0.4) is 0 Å².